The molecule has 0 spiro atoms. The molecule has 1 aromatic carbocycles. The summed E-state index contributed by atoms with van der Waals surface area (Å²) in [5, 5.41) is 0. The fourth-order valence-electron chi connectivity index (χ4n) is 9.04. The Morgan fingerprint density at radius 1 is 1.08 bits per heavy atom. The number of aromatic nitrogens is 2. The van der Waals surface area contributed by atoms with E-state index in [1.54, 1.807) is 7.11 Å². The number of methoxy groups -OCH3 is 1. The molecule has 48 heavy (non-hydrogen) atoms. The third kappa shape index (κ3) is 5.80. The molecule has 1 aliphatic heterocycles. The molecule has 0 saturated heterocycles. The van der Waals surface area contributed by atoms with Gasteiger partial charge in [-0.1, -0.05) is 13.0 Å². The third-order valence-electron chi connectivity index (χ3n) is 11.6. The van der Waals surface area contributed by atoms with Crippen molar-refractivity contribution >= 4 is 29.3 Å². The Hall–Kier alpha value is -4.46. The quantitative estimate of drug-likeness (QED) is 0.0999. The fourth-order valence-corrected chi connectivity index (χ4v) is 9.04. The summed E-state index contributed by atoms with van der Waals surface area (Å²) in [5.74, 6) is 3.10. The largest absolute Gasteiger partial charge is 0.494 e. The first-order valence-electron chi connectivity index (χ1n) is 17.5. The molecule has 8 nitrogen and oxygen atoms in total. The lowest BCUT2D eigenvalue weighted by atomic mass is 9.55. The van der Waals surface area contributed by atoms with E-state index in [4.69, 9.17) is 14.5 Å². The SMILES string of the molecule is COC1=CC(c2ccc[nH]2)=N/C1=C\c1[nH]c(C)c(C(=O)CCCCC(=O)Oc2ccc3c(c2)CCC2C3CC[C@]3(C)C(=O)CC[C@@H]23)c1C. The minimum atomic E-state index is -0.269. The number of aryl methyl sites for hydroxylation is 2. The van der Waals surface area contributed by atoms with E-state index in [0.717, 1.165) is 66.9 Å². The summed E-state index contributed by atoms with van der Waals surface area (Å²) in [4.78, 5) is 50.0. The Bertz CT molecular complexity index is 1860. The Morgan fingerprint density at radius 3 is 2.71 bits per heavy atom. The van der Waals surface area contributed by atoms with Gasteiger partial charge in [-0.3, -0.25) is 14.4 Å². The predicted octanol–water partition coefficient (Wildman–Crippen LogP) is 8.11. The second-order valence-corrected chi connectivity index (χ2v) is 14.3. The van der Waals surface area contributed by atoms with Crippen molar-refractivity contribution in [2.75, 3.05) is 7.11 Å². The van der Waals surface area contributed by atoms with Gasteiger partial charge in [0.05, 0.1) is 18.5 Å². The van der Waals surface area contributed by atoms with E-state index in [9.17, 15) is 14.4 Å². The number of carbonyl (C=O) groups is 3. The van der Waals surface area contributed by atoms with Gasteiger partial charge in [-0.15, -0.1) is 0 Å². The molecule has 0 radical (unpaired) electrons. The summed E-state index contributed by atoms with van der Waals surface area (Å²) < 4.78 is 11.3. The van der Waals surface area contributed by atoms with Gasteiger partial charge in [0.2, 0.25) is 0 Å². The van der Waals surface area contributed by atoms with Crippen LogP contribution in [-0.2, 0) is 20.7 Å². The van der Waals surface area contributed by atoms with Gasteiger partial charge in [-0.2, -0.15) is 0 Å². The Morgan fingerprint density at radius 2 is 1.92 bits per heavy atom. The molecule has 4 aliphatic rings. The van der Waals surface area contributed by atoms with Crippen LogP contribution in [0.2, 0.25) is 0 Å². The molecule has 3 aliphatic carbocycles. The van der Waals surface area contributed by atoms with E-state index in [2.05, 4.69) is 23.0 Å². The number of rotatable bonds is 10. The van der Waals surface area contributed by atoms with Crippen molar-refractivity contribution in [2.24, 2.45) is 22.2 Å². The number of unbranched alkanes of at least 4 members (excludes halogenated alkanes) is 1. The smallest absolute Gasteiger partial charge is 0.311 e. The molecule has 7 rings (SSSR count). The van der Waals surface area contributed by atoms with Gasteiger partial charge in [0.25, 0.3) is 0 Å². The normalized spacial score (nSPS) is 25.3. The standard InChI is InChI=1S/C40H45N3O5/c1-23-32(21-34-36(47-4)22-33(43-34)31-8-7-19-41-31)42-24(2)39(23)35(44)9-5-6-10-38(46)48-26-12-14-27-25(20-26)11-13-29-28(27)17-18-40(3)30(29)15-16-37(40)45/h7-8,12,14,19-22,28-30,41-42H,5-6,9-11,13,15-18H2,1-4H3/b34-21-/t28?,29?,30-,40-/m0/s1. The highest BCUT2D eigenvalue weighted by Crippen LogP contribution is 2.59. The van der Waals surface area contributed by atoms with Gasteiger partial charge >= 0.3 is 5.97 Å². The maximum atomic E-state index is 13.3. The average molecular weight is 648 g/mol. The number of H-pyrrole nitrogens is 2. The molecule has 0 bridgehead atoms. The van der Waals surface area contributed by atoms with Crippen LogP contribution in [0.1, 0.15) is 115 Å². The van der Waals surface area contributed by atoms with Crippen molar-refractivity contribution in [3.63, 3.8) is 0 Å². The highest BCUT2D eigenvalue weighted by molar-refractivity contribution is 6.11. The zero-order valence-corrected chi connectivity index (χ0v) is 28.4. The van der Waals surface area contributed by atoms with Crippen LogP contribution >= 0.6 is 0 Å². The van der Waals surface area contributed by atoms with E-state index >= 15 is 0 Å². The first-order chi connectivity index (χ1) is 23.2. The molecule has 2 aromatic heterocycles. The van der Waals surface area contributed by atoms with Crippen LogP contribution in [0.4, 0.5) is 0 Å². The van der Waals surface area contributed by atoms with Crippen LogP contribution in [0.3, 0.4) is 0 Å². The number of aromatic amines is 2. The summed E-state index contributed by atoms with van der Waals surface area (Å²) in [7, 11) is 1.62. The average Bonchev–Trinajstić information content (AvgIpc) is 3.86. The number of hydrogen-bond acceptors (Lipinski definition) is 6. The van der Waals surface area contributed by atoms with Crippen molar-refractivity contribution in [2.45, 2.75) is 90.9 Å². The van der Waals surface area contributed by atoms with Crippen LogP contribution in [0.5, 0.6) is 5.75 Å². The van der Waals surface area contributed by atoms with E-state index in [1.165, 1.54) is 11.1 Å². The molecule has 0 amide bonds. The van der Waals surface area contributed by atoms with Crippen LogP contribution < -0.4 is 4.74 Å². The van der Waals surface area contributed by atoms with Crippen molar-refractivity contribution in [1.29, 1.82) is 0 Å². The van der Waals surface area contributed by atoms with Crippen LogP contribution in [-0.4, -0.2) is 40.3 Å². The lowest BCUT2D eigenvalue weighted by Crippen LogP contribution is -2.42. The number of esters is 1. The first-order valence-corrected chi connectivity index (χ1v) is 17.5. The number of ketones is 2. The molecule has 3 aromatic rings. The molecular formula is C40H45N3O5. The highest BCUT2D eigenvalue weighted by atomic mass is 16.5. The number of fused-ring (bicyclic) bond motifs is 5. The van der Waals surface area contributed by atoms with Crippen molar-refractivity contribution in [1.82, 2.24) is 9.97 Å². The zero-order valence-electron chi connectivity index (χ0n) is 28.4. The van der Waals surface area contributed by atoms with Crippen molar-refractivity contribution in [3.05, 3.63) is 93.4 Å². The Kier molecular flexibility index (Phi) is 8.60. The van der Waals surface area contributed by atoms with Gasteiger partial charge < -0.3 is 19.4 Å². The molecule has 2 saturated carbocycles. The molecule has 8 heteroatoms. The molecule has 2 unspecified atom stereocenters. The molecule has 2 fully saturated rings. The van der Waals surface area contributed by atoms with Gasteiger partial charge in [0.15, 0.2) is 5.78 Å². The van der Waals surface area contributed by atoms with Crippen LogP contribution in [0.25, 0.3) is 6.08 Å². The number of nitrogens with one attached hydrogen (secondary N) is 2. The lowest BCUT2D eigenvalue weighted by Gasteiger charge is -2.48. The van der Waals surface area contributed by atoms with Gasteiger partial charge in [0, 0.05) is 53.9 Å². The molecule has 250 valence electrons. The van der Waals surface area contributed by atoms with E-state index in [0.29, 0.717) is 65.6 Å². The van der Waals surface area contributed by atoms with Gasteiger partial charge in [-0.25, -0.2) is 4.99 Å². The fraction of sp³-hybridized carbons (Fsp3) is 0.450. The number of carbonyl (C=O) groups excluding carboxylic acids is 3. The monoisotopic (exact) mass is 647 g/mol. The molecule has 3 heterocycles. The zero-order chi connectivity index (χ0) is 33.6. The highest BCUT2D eigenvalue weighted by Gasteiger charge is 2.54. The predicted molar refractivity (Wildman–Crippen MR) is 185 cm³/mol. The van der Waals surface area contributed by atoms with Gasteiger partial charge in [-0.05, 0) is 124 Å². The summed E-state index contributed by atoms with van der Waals surface area (Å²) in [6.07, 6.45) is 13.4. The minimum Gasteiger partial charge on any atom is -0.494 e. The topological polar surface area (TPSA) is 114 Å². The maximum absolute atomic E-state index is 13.3. The van der Waals surface area contributed by atoms with Crippen LogP contribution in [0, 0.1) is 31.1 Å². The Balaban J connectivity index is 0.919. The van der Waals surface area contributed by atoms with Gasteiger partial charge in [0.1, 0.15) is 23.0 Å². The number of ether oxygens (including phenoxy) is 2. The lowest BCUT2D eigenvalue weighted by molar-refractivity contribution is -0.134. The number of benzene rings is 1. The number of hydrogen-bond donors (Lipinski definition) is 2. The summed E-state index contributed by atoms with van der Waals surface area (Å²) in [6.45, 7) is 6.06. The summed E-state index contributed by atoms with van der Waals surface area (Å²) in [5.41, 5.74) is 8.14. The number of allylic oxidation sites excluding steroid dienone is 1. The Labute approximate surface area is 282 Å². The van der Waals surface area contributed by atoms with Crippen LogP contribution in [0.15, 0.2) is 59.1 Å². The molecule has 2 N–H and O–H groups in total. The number of Topliss-reactive ketones (excluding diaryl/α,β-unsaturated/α-hetero) is 2. The number of aliphatic imine (C=N–C) groups is 1. The molecule has 4 atom stereocenters. The second-order valence-electron chi connectivity index (χ2n) is 14.3. The summed E-state index contributed by atoms with van der Waals surface area (Å²) in [6, 6.07) is 10.0. The third-order valence-corrected chi connectivity index (χ3v) is 11.6. The minimum absolute atomic E-state index is 0.0572. The molecular weight excluding hydrogens is 602 g/mol. The van der Waals surface area contributed by atoms with E-state index in [1.807, 2.05) is 56.5 Å². The second kappa shape index (κ2) is 12.9. The summed E-state index contributed by atoms with van der Waals surface area (Å²) >= 11 is 0. The van der Waals surface area contributed by atoms with Crippen molar-refractivity contribution < 1.29 is 23.9 Å². The maximum Gasteiger partial charge on any atom is 0.311 e. The van der Waals surface area contributed by atoms with Crippen molar-refractivity contribution in [3.8, 4) is 5.75 Å². The first kappa shape index (κ1) is 32.1. The van der Waals surface area contributed by atoms with E-state index in [-0.39, 0.29) is 23.6 Å². The van der Waals surface area contributed by atoms with E-state index < -0.39 is 0 Å². The number of nitrogens with zero attached hydrogens (tertiary/aromatic N) is 1.